The van der Waals surface area contributed by atoms with Gasteiger partial charge < -0.3 is 14.8 Å². The molecule has 30 heavy (non-hydrogen) atoms. The Hall–Kier alpha value is -2.90. The lowest BCUT2D eigenvalue weighted by atomic mass is 10.2. The number of benzene rings is 3. The van der Waals surface area contributed by atoms with Crippen LogP contribution in [-0.2, 0) is 6.61 Å². The number of amides is 1. The van der Waals surface area contributed by atoms with Crippen LogP contribution in [0.25, 0.3) is 0 Å². The SMILES string of the molecule is CCOc1ccc(C(=O)NC(=S)Nc2cccc(OCc3ccccc3)c2)cc1Br. The number of carbonyl (C=O) groups is 1. The second-order valence-electron chi connectivity index (χ2n) is 6.29. The Kier molecular flexibility index (Phi) is 7.82. The second-order valence-corrected chi connectivity index (χ2v) is 7.55. The van der Waals surface area contributed by atoms with Crippen LogP contribution in [0.2, 0.25) is 0 Å². The van der Waals surface area contributed by atoms with Crippen LogP contribution in [0.3, 0.4) is 0 Å². The van der Waals surface area contributed by atoms with Crippen LogP contribution in [0.4, 0.5) is 5.69 Å². The van der Waals surface area contributed by atoms with Crippen molar-refractivity contribution in [3.05, 3.63) is 88.4 Å². The lowest BCUT2D eigenvalue weighted by Gasteiger charge is -2.12. The van der Waals surface area contributed by atoms with E-state index >= 15 is 0 Å². The smallest absolute Gasteiger partial charge is 0.257 e. The predicted molar refractivity (Wildman–Crippen MR) is 126 cm³/mol. The van der Waals surface area contributed by atoms with Crippen molar-refractivity contribution in [2.75, 3.05) is 11.9 Å². The summed E-state index contributed by atoms with van der Waals surface area (Å²) in [7, 11) is 0. The summed E-state index contributed by atoms with van der Waals surface area (Å²) >= 11 is 8.69. The maximum absolute atomic E-state index is 12.5. The molecule has 2 N–H and O–H groups in total. The Balaban J connectivity index is 1.56. The van der Waals surface area contributed by atoms with E-state index in [-0.39, 0.29) is 11.0 Å². The Morgan fingerprint density at radius 1 is 1.00 bits per heavy atom. The zero-order valence-electron chi connectivity index (χ0n) is 16.4. The van der Waals surface area contributed by atoms with Gasteiger partial charge in [-0.3, -0.25) is 10.1 Å². The van der Waals surface area contributed by atoms with Crippen LogP contribution in [0.1, 0.15) is 22.8 Å². The topological polar surface area (TPSA) is 59.6 Å². The van der Waals surface area contributed by atoms with Gasteiger partial charge in [0.15, 0.2) is 5.11 Å². The highest BCUT2D eigenvalue weighted by Gasteiger charge is 2.11. The van der Waals surface area contributed by atoms with Crippen molar-refractivity contribution >= 4 is 44.9 Å². The molecular formula is C23H21BrN2O3S. The van der Waals surface area contributed by atoms with E-state index in [1.165, 1.54) is 0 Å². The molecule has 1 amide bonds. The lowest BCUT2D eigenvalue weighted by Crippen LogP contribution is -2.34. The van der Waals surface area contributed by atoms with Gasteiger partial charge in [0.25, 0.3) is 5.91 Å². The number of thiocarbonyl (C=S) groups is 1. The first kappa shape index (κ1) is 21.8. The van der Waals surface area contributed by atoms with Crippen LogP contribution < -0.4 is 20.1 Å². The molecule has 0 spiro atoms. The van der Waals surface area contributed by atoms with E-state index in [0.29, 0.717) is 34.7 Å². The van der Waals surface area contributed by atoms with E-state index < -0.39 is 0 Å². The lowest BCUT2D eigenvalue weighted by molar-refractivity contribution is 0.0977. The summed E-state index contributed by atoms with van der Waals surface area (Å²) in [6.45, 7) is 2.92. The summed E-state index contributed by atoms with van der Waals surface area (Å²) in [6, 6.07) is 22.5. The third-order valence-electron chi connectivity index (χ3n) is 4.06. The standard InChI is InChI=1S/C23H21BrN2O3S/c1-2-28-21-12-11-17(13-20(21)24)22(27)26-23(30)25-18-9-6-10-19(14-18)29-15-16-7-4-3-5-8-16/h3-14H,2,15H2,1H3,(H2,25,26,27,30). The zero-order valence-corrected chi connectivity index (χ0v) is 18.8. The third-order valence-corrected chi connectivity index (χ3v) is 4.89. The van der Waals surface area contributed by atoms with Gasteiger partial charge in [-0.15, -0.1) is 0 Å². The van der Waals surface area contributed by atoms with Gasteiger partial charge in [-0.25, -0.2) is 0 Å². The Morgan fingerprint density at radius 3 is 2.53 bits per heavy atom. The number of ether oxygens (including phenoxy) is 2. The summed E-state index contributed by atoms with van der Waals surface area (Å²) in [4.78, 5) is 12.5. The molecule has 0 aromatic heterocycles. The number of nitrogens with one attached hydrogen (secondary N) is 2. The third kappa shape index (κ3) is 6.30. The maximum Gasteiger partial charge on any atom is 0.257 e. The van der Waals surface area contributed by atoms with E-state index in [0.717, 1.165) is 11.3 Å². The highest BCUT2D eigenvalue weighted by molar-refractivity contribution is 9.10. The molecule has 0 fully saturated rings. The molecule has 3 aromatic rings. The highest BCUT2D eigenvalue weighted by atomic mass is 79.9. The number of anilines is 1. The van der Waals surface area contributed by atoms with E-state index in [1.54, 1.807) is 18.2 Å². The molecule has 0 atom stereocenters. The van der Waals surface area contributed by atoms with E-state index in [1.807, 2.05) is 61.5 Å². The predicted octanol–water partition coefficient (Wildman–Crippen LogP) is 5.55. The first-order chi connectivity index (χ1) is 14.5. The molecule has 0 radical (unpaired) electrons. The largest absolute Gasteiger partial charge is 0.493 e. The van der Waals surface area contributed by atoms with Gasteiger partial charge in [0, 0.05) is 17.3 Å². The fourth-order valence-corrected chi connectivity index (χ4v) is 3.36. The van der Waals surface area contributed by atoms with Crippen LogP contribution in [0, 0.1) is 0 Å². The average Bonchev–Trinajstić information content (AvgIpc) is 2.74. The molecule has 0 aliphatic heterocycles. The van der Waals surface area contributed by atoms with E-state index in [9.17, 15) is 4.79 Å². The normalized spacial score (nSPS) is 10.2. The molecule has 0 bridgehead atoms. The molecule has 0 unspecified atom stereocenters. The Labute approximate surface area is 189 Å². The molecule has 0 heterocycles. The number of rotatable bonds is 7. The molecule has 0 aliphatic rings. The average molecular weight is 485 g/mol. The molecule has 154 valence electrons. The minimum absolute atomic E-state index is 0.199. The van der Waals surface area contributed by atoms with Gasteiger partial charge in [-0.1, -0.05) is 36.4 Å². The van der Waals surface area contributed by atoms with Crippen LogP contribution in [0.15, 0.2) is 77.3 Å². The molecule has 0 aliphatic carbocycles. The van der Waals surface area contributed by atoms with Crippen molar-refractivity contribution < 1.29 is 14.3 Å². The zero-order chi connectivity index (χ0) is 21.3. The summed E-state index contributed by atoms with van der Waals surface area (Å²) in [6.07, 6.45) is 0. The summed E-state index contributed by atoms with van der Waals surface area (Å²) < 4.78 is 12.0. The maximum atomic E-state index is 12.5. The second kappa shape index (κ2) is 10.8. The minimum Gasteiger partial charge on any atom is -0.493 e. The van der Waals surface area contributed by atoms with Gasteiger partial charge in [-0.2, -0.15) is 0 Å². The molecule has 3 aromatic carbocycles. The van der Waals surface area contributed by atoms with Crippen LogP contribution in [0.5, 0.6) is 11.5 Å². The van der Waals surface area contributed by atoms with Gasteiger partial charge in [0.2, 0.25) is 0 Å². The first-order valence-electron chi connectivity index (χ1n) is 9.36. The van der Waals surface area contributed by atoms with Gasteiger partial charge in [0.05, 0.1) is 11.1 Å². The highest BCUT2D eigenvalue weighted by Crippen LogP contribution is 2.26. The molecule has 5 nitrogen and oxygen atoms in total. The minimum atomic E-state index is -0.312. The van der Waals surface area contributed by atoms with E-state index in [4.69, 9.17) is 21.7 Å². The number of halogens is 1. The van der Waals surface area contributed by atoms with Crippen molar-refractivity contribution in [1.29, 1.82) is 0 Å². The fraction of sp³-hybridized carbons (Fsp3) is 0.130. The van der Waals surface area contributed by atoms with Crippen molar-refractivity contribution in [1.82, 2.24) is 5.32 Å². The molecule has 7 heteroatoms. The van der Waals surface area contributed by atoms with Gasteiger partial charge >= 0.3 is 0 Å². The first-order valence-corrected chi connectivity index (χ1v) is 10.6. The summed E-state index contributed by atoms with van der Waals surface area (Å²) in [5.74, 6) is 1.07. The Morgan fingerprint density at radius 2 is 1.80 bits per heavy atom. The summed E-state index contributed by atoms with van der Waals surface area (Å²) in [5.41, 5.74) is 2.27. The molecular weight excluding hydrogens is 464 g/mol. The quantitative estimate of drug-likeness (QED) is 0.430. The van der Waals surface area contributed by atoms with Crippen LogP contribution >= 0.6 is 28.1 Å². The monoisotopic (exact) mass is 484 g/mol. The molecule has 3 rings (SSSR count). The van der Waals surface area contributed by atoms with Gasteiger partial charge in [0.1, 0.15) is 18.1 Å². The van der Waals surface area contributed by atoms with Crippen molar-refractivity contribution in [2.24, 2.45) is 0 Å². The van der Waals surface area contributed by atoms with Crippen molar-refractivity contribution in [3.63, 3.8) is 0 Å². The van der Waals surface area contributed by atoms with E-state index in [2.05, 4.69) is 26.6 Å². The van der Waals surface area contributed by atoms with Gasteiger partial charge in [-0.05, 0) is 71.0 Å². The van der Waals surface area contributed by atoms with Crippen molar-refractivity contribution in [2.45, 2.75) is 13.5 Å². The number of hydrogen-bond acceptors (Lipinski definition) is 4. The number of hydrogen-bond donors (Lipinski definition) is 2. The number of carbonyl (C=O) groups excluding carboxylic acids is 1. The Bertz CT molecular complexity index is 1030. The summed E-state index contributed by atoms with van der Waals surface area (Å²) in [5, 5.41) is 5.89. The van der Waals surface area contributed by atoms with Crippen LogP contribution in [-0.4, -0.2) is 17.6 Å². The fourth-order valence-electron chi connectivity index (χ4n) is 2.66. The van der Waals surface area contributed by atoms with Crippen molar-refractivity contribution in [3.8, 4) is 11.5 Å². The molecule has 0 saturated heterocycles. The molecule has 0 saturated carbocycles.